The van der Waals surface area contributed by atoms with Crippen molar-refractivity contribution in [1.29, 1.82) is 0 Å². The molecule has 1 aromatic carbocycles. The third-order valence-electron chi connectivity index (χ3n) is 3.98. The summed E-state index contributed by atoms with van der Waals surface area (Å²) in [5, 5.41) is 3.38. The molecule has 2 rings (SSSR count). The first-order valence-electron chi connectivity index (χ1n) is 7.24. The summed E-state index contributed by atoms with van der Waals surface area (Å²) in [4.78, 5) is 14.6. The number of esters is 1. The SMILES string of the molecule is COC(=O)C(c1c(C)cccc1C)N1CCCNCC1. The maximum atomic E-state index is 12.3. The second kappa shape index (κ2) is 6.86. The fourth-order valence-electron chi connectivity index (χ4n) is 2.94. The number of benzene rings is 1. The van der Waals surface area contributed by atoms with E-state index in [0.717, 1.165) is 49.3 Å². The van der Waals surface area contributed by atoms with Gasteiger partial charge in [0, 0.05) is 19.6 Å². The number of ether oxygens (including phenoxy) is 1. The van der Waals surface area contributed by atoms with Gasteiger partial charge in [0.2, 0.25) is 0 Å². The minimum absolute atomic E-state index is 0.163. The van der Waals surface area contributed by atoms with E-state index >= 15 is 0 Å². The third kappa shape index (κ3) is 3.19. The predicted molar refractivity (Wildman–Crippen MR) is 79.7 cm³/mol. The number of methoxy groups -OCH3 is 1. The van der Waals surface area contributed by atoms with Crippen LogP contribution in [0.2, 0.25) is 0 Å². The Hall–Kier alpha value is -1.39. The summed E-state index contributed by atoms with van der Waals surface area (Å²) < 4.78 is 5.07. The summed E-state index contributed by atoms with van der Waals surface area (Å²) in [7, 11) is 1.47. The van der Waals surface area contributed by atoms with E-state index in [9.17, 15) is 4.79 Å². The highest BCUT2D eigenvalue weighted by Gasteiger charge is 2.31. The number of carbonyl (C=O) groups is 1. The molecule has 1 unspecified atom stereocenters. The Kier molecular flexibility index (Phi) is 5.15. The number of aryl methyl sites for hydroxylation is 2. The third-order valence-corrected chi connectivity index (χ3v) is 3.98. The quantitative estimate of drug-likeness (QED) is 0.855. The Morgan fingerprint density at radius 2 is 1.95 bits per heavy atom. The second-order valence-electron chi connectivity index (χ2n) is 5.37. The number of rotatable bonds is 3. The summed E-state index contributed by atoms with van der Waals surface area (Å²) >= 11 is 0. The van der Waals surface area contributed by atoms with Crippen LogP contribution in [0.25, 0.3) is 0 Å². The molecule has 4 nitrogen and oxygen atoms in total. The van der Waals surface area contributed by atoms with Crippen LogP contribution in [0.1, 0.15) is 29.2 Å². The van der Waals surface area contributed by atoms with Crippen LogP contribution in [0, 0.1) is 13.8 Å². The predicted octanol–water partition coefficient (Wildman–Crippen LogP) is 1.81. The maximum Gasteiger partial charge on any atom is 0.327 e. The van der Waals surface area contributed by atoms with Crippen LogP contribution in [-0.2, 0) is 9.53 Å². The molecule has 1 fully saturated rings. The van der Waals surface area contributed by atoms with Crippen molar-refractivity contribution in [1.82, 2.24) is 10.2 Å². The second-order valence-corrected chi connectivity index (χ2v) is 5.37. The average molecular weight is 276 g/mol. The molecule has 0 bridgehead atoms. The normalized spacial score (nSPS) is 18.4. The molecule has 0 amide bonds. The maximum absolute atomic E-state index is 12.3. The van der Waals surface area contributed by atoms with E-state index in [1.807, 2.05) is 6.07 Å². The fourth-order valence-corrected chi connectivity index (χ4v) is 2.94. The molecule has 1 N–H and O–H groups in total. The summed E-state index contributed by atoms with van der Waals surface area (Å²) in [5.74, 6) is -0.163. The molecule has 0 saturated carbocycles. The lowest BCUT2D eigenvalue weighted by molar-refractivity contribution is -0.147. The number of hydrogen-bond donors (Lipinski definition) is 1. The smallest absolute Gasteiger partial charge is 0.327 e. The van der Waals surface area contributed by atoms with Crippen LogP contribution in [0.15, 0.2) is 18.2 Å². The Balaban J connectivity index is 2.38. The Labute approximate surface area is 121 Å². The van der Waals surface area contributed by atoms with Crippen molar-refractivity contribution in [3.63, 3.8) is 0 Å². The molecule has 20 heavy (non-hydrogen) atoms. The number of hydrogen-bond acceptors (Lipinski definition) is 4. The molecule has 1 aliphatic rings. The largest absolute Gasteiger partial charge is 0.468 e. The van der Waals surface area contributed by atoms with Crippen molar-refractivity contribution >= 4 is 5.97 Å². The van der Waals surface area contributed by atoms with E-state index in [2.05, 4.69) is 36.2 Å². The zero-order chi connectivity index (χ0) is 14.5. The summed E-state index contributed by atoms with van der Waals surface area (Å²) in [6.45, 7) is 7.84. The molecule has 4 heteroatoms. The Bertz CT molecular complexity index is 445. The topological polar surface area (TPSA) is 41.6 Å². The van der Waals surface area contributed by atoms with Crippen molar-refractivity contribution in [2.45, 2.75) is 26.3 Å². The lowest BCUT2D eigenvalue weighted by Crippen LogP contribution is -2.38. The highest BCUT2D eigenvalue weighted by atomic mass is 16.5. The first kappa shape index (κ1) is 15.0. The first-order valence-corrected chi connectivity index (χ1v) is 7.24. The van der Waals surface area contributed by atoms with Gasteiger partial charge in [0.1, 0.15) is 6.04 Å². The van der Waals surface area contributed by atoms with E-state index < -0.39 is 0 Å². The van der Waals surface area contributed by atoms with Crippen molar-refractivity contribution in [2.24, 2.45) is 0 Å². The van der Waals surface area contributed by atoms with Gasteiger partial charge < -0.3 is 10.1 Å². The molecule has 0 radical (unpaired) electrons. The molecule has 0 aromatic heterocycles. The van der Waals surface area contributed by atoms with Gasteiger partial charge in [-0.1, -0.05) is 18.2 Å². The van der Waals surface area contributed by atoms with E-state index in [1.165, 1.54) is 7.11 Å². The first-order chi connectivity index (χ1) is 9.65. The van der Waals surface area contributed by atoms with Crippen LogP contribution in [0.4, 0.5) is 0 Å². The van der Waals surface area contributed by atoms with Crippen molar-refractivity contribution < 1.29 is 9.53 Å². The van der Waals surface area contributed by atoms with Crippen LogP contribution >= 0.6 is 0 Å². The highest BCUT2D eigenvalue weighted by molar-refractivity contribution is 5.78. The van der Waals surface area contributed by atoms with E-state index in [4.69, 9.17) is 4.74 Å². The van der Waals surface area contributed by atoms with E-state index in [0.29, 0.717) is 0 Å². The zero-order valence-corrected chi connectivity index (χ0v) is 12.6. The molecule has 1 atom stereocenters. The van der Waals surface area contributed by atoms with Gasteiger partial charge in [0.25, 0.3) is 0 Å². The van der Waals surface area contributed by atoms with Gasteiger partial charge in [0.05, 0.1) is 7.11 Å². The Morgan fingerprint density at radius 1 is 1.25 bits per heavy atom. The molecule has 1 aromatic rings. The standard InChI is InChI=1S/C16H24N2O2/c1-12-6-4-7-13(2)14(12)15(16(19)20-3)18-10-5-8-17-9-11-18/h4,6-7,15,17H,5,8-11H2,1-3H3. The average Bonchev–Trinajstić information content (AvgIpc) is 2.71. The molecular formula is C16H24N2O2. The van der Waals surface area contributed by atoms with Gasteiger partial charge >= 0.3 is 5.97 Å². The van der Waals surface area contributed by atoms with Gasteiger partial charge in [-0.2, -0.15) is 0 Å². The molecule has 1 heterocycles. The van der Waals surface area contributed by atoms with Gasteiger partial charge in [-0.3, -0.25) is 4.90 Å². The van der Waals surface area contributed by atoms with Crippen molar-refractivity contribution in [2.75, 3.05) is 33.3 Å². The lowest BCUT2D eigenvalue weighted by Gasteiger charge is -2.30. The molecule has 0 spiro atoms. The summed E-state index contributed by atoms with van der Waals surface area (Å²) in [5.41, 5.74) is 3.40. The lowest BCUT2D eigenvalue weighted by atomic mass is 9.95. The van der Waals surface area contributed by atoms with Crippen LogP contribution in [-0.4, -0.2) is 44.2 Å². The van der Waals surface area contributed by atoms with Crippen molar-refractivity contribution in [3.05, 3.63) is 34.9 Å². The molecular weight excluding hydrogens is 252 g/mol. The monoisotopic (exact) mass is 276 g/mol. The van der Waals surface area contributed by atoms with Crippen molar-refractivity contribution in [3.8, 4) is 0 Å². The van der Waals surface area contributed by atoms with Gasteiger partial charge in [-0.15, -0.1) is 0 Å². The molecule has 1 saturated heterocycles. The van der Waals surface area contributed by atoms with Crippen LogP contribution in [0.3, 0.4) is 0 Å². The number of nitrogens with one attached hydrogen (secondary N) is 1. The van der Waals surface area contributed by atoms with Crippen LogP contribution in [0.5, 0.6) is 0 Å². The summed E-state index contributed by atoms with van der Waals surface area (Å²) in [6, 6.07) is 5.87. The zero-order valence-electron chi connectivity index (χ0n) is 12.6. The van der Waals surface area contributed by atoms with Gasteiger partial charge in [-0.25, -0.2) is 4.79 Å². The molecule has 110 valence electrons. The van der Waals surface area contributed by atoms with Gasteiger partial charge in [0.15, 0.2) is 0 Å². The highest BCUT2D eigenvalue weighted by Crippen LogP contribution is 2.28. The molecule has 0 aliphatic carbocycles. The van der Waals surface area contributed by atoms with E-state index in [1.54, 1.807) is 0 Å². The fraction of sp³-hybridized carbons (Fsp3) is 0.562. The number of nitrogens with zero attached hydrogens (tertiary/aromatic N) is 1. The Morgan fingerprint density at radius 3 is 2.60 bits per heavy atom. The molecule has 1 aliphatic heterocycles. The minimum Gasteiger partial charge on any atom is -0.468 e. The van der Waals surface area contributed by atoms with Gasteiger partial charge in [-0.05, 0) is 43.5 Å². The number of carbonyl (C=O) groups excluding carboxylic acids is 1. The van der Waals surface area contributed by atoms with E-state index in [-0.39, 0.29) is 12.0 Å². The minimum atomic E-state index is -0.291. The van der Waals surface area contributed by atoms with Crippen LogP contribution < -0.4 is 5.32 Å². The summed E-state index contributed by atoms with van der Waals surface area (Å²) in [6.07, 6.45) is 1.05.